The van der Waals surface area contributed by atoms with Crippen LogP contribution in [0.25, 0.3) is 0 Å². The van der Waals surface area contributed by atoms with Crippen molar-refractivity contribution in [2.75, 3.05) is 0 Å². The molecule has 0 atom stereocenters. The average Bonchev–Trinajstić information content (AvgIpc) is 2.19. The Morgan fingerprint density at radius 2 is 2.75 bits per heavy atom. The second-order valence-corrected chi connectivity index (χ2v) is 2.41. The van der Waals surface area contributed by atoms with Gasteiger partial charge in [-0.15, -0.1) is 11.3 Å². The van der Waals surface area contributed by atoms with E-state index in [4.69, 9.17) is 0 Å². The molecular weight excluding hydrogens is 118 g/mol. The Hall–Kier alpha value is -0.370. The molecule has 8 heavy (non-hydrogen) atoms. The lowest BCUT2D eigenvalue weighted by Crippen LogP contribution is -1.73. The van der Waals surface area contributed by atoms with Gasteiger partial charge < -0.3 is 0 Å². The van der Waals surface area contributed by atoms with Gasteiger partial charge in [-0.25, -0.2) is 4.98 Å². The lowest BCUT2D eigenvalue weighted by atomic mass is 10.4. The van der Waals surface area contributed by atoms with E-state index >= 15 is 0 Å². The minimum absolute atomic E-state index is 1.08. The van der Waals surface area contributed by atoms with Crippen LogP contribution < -0.4 is 0 Å². The number of thiazole rings is 1. The Labute approximate surface area is 53.4 Å². The molecular formula is C6H8NS. The first kappa shape index (κ1) is 5.76. The third-order valence-electron chi connectivity index (χ3n) is 0.830. The Balaban J connectivity index is 2.50. The monoisotopic (exact) mass is 126 g/mol. The number of nitrogens with zero attached hydrogens (tertiary/aromatic N) is 1. The fourth-order valence-corrected chi connectivity index (χ4v) is 1.16. The average molecular weight is 126 g/mol. The molecule has 1 heterocycles. The van der Waals surface area contributed by atoms with E-state index in [1.54, 1.807) is 11.3 Å². The topological polar surface area (TPSA) is 12.9 Å². The summed E-state index contributed by atoms with van der Waals surface area (Å²) in [6.45, 7) is 2.11. The van der Waals surface area contributed by atoms with Crippen molar-refractivity contribution in [2.24, 2.45) is 0 Å². The summed E-state index contributed by atoms with van der Waals surface area (Å²) >= 11 is 1.68. The van der Waals surface area contributed by atoms with Crippen LogP contribution in [0.3, 0.4) is 0 Å². The molecule has 0 unspecified atom stereocenters. The first-order chi connectivity index (χ1) is 3.93. The molecule has 2 heteroatoms. The summed E-state index contributed by atoms with van der Waals surface area (Å²) in [6.07, 6.45) is 5.02. The van der Waals surface area contributed by atoms with Crippen molar-refractivity contribution in [1.29, 1.82) is 0 Å². The Kier molecular flexibility index (Phi) is 2.03. The summed E-state index contributed by atoms with van der Waals surface area (Å²) < 4.78 is 0. The van der Waals surface area contributed by atoms with Crippen molar-refractivity contribution in [3.05, 3.63) is 23.0 Å². The van der Waals surface area contributed by atoms with Crippen LogP contribution in [0, 0.1) is 6.42 Å². The number of aromatic nitrogens is 1. The van der Waals surface area contributed by atoms with E-state index in [2.05, 4.69) is 18.3 Å². The highest BCUT2D eigenvalue weighted by Crippen LogP contribution is 2.07. The summed E-state index contributed by atoms with van der Waals surface area (Å²) in [5.74, 6) is 0. The molecule has 0 bridgehead atoms. The SMILES string of the molecule is CC[CH]c1nccs1. The van der Waals surface area contributed by atoms with Gasteiger partial charge in [0.2, 0.25) is 0 Å². The van der Waals surface area contributed by atoms with Crippen molar-refractivity contribution in [2.45, 2.75) is 13.3 Å². The minimum Gasteiger partial charge on any atom is -0.249 e. The van der Waals surface area contributed by atoms with Crippen molar-refractivity contribution in [3.8, 4) is 0 Å². The van der Waals surface area contributed by atoms with Crippen molar-refractivity contribution >= 4 is 11.3 Å². The second-order valence-electron chi connectivity index (χ2n) is 1.48. The Morgan fingerprint density at radius 1 is 1.88 bits per heavy atom. The van der Waals surface area contributed by atoms with Gasteiger partial charge in [0.15, 0.2) is 0 Å². The van der Waals surface area contributed by atoms with Gasteiger partial charge in [-0.3, -0.25) is 0 Å². The van der Waals surface area contributed by atoms with Gasteiger partial charge in [-0.2, -0.15) is 0 Å². The maximum Gasteiger partial charge on any atom is 0.0962 e. The van der Waals surface area contributed by atoms with Crippen LogP contribution in [0.2, 0.25) is 0 Å². The predicted molar refractivity (Wildman–Crippen MR) is 35.8 cm³/mol. The lowest BCUT2D eigenvalue weighted by molar-refractivity contribution is 1.10. The minimum atomic E-state index is 1.08. The number of rotatable bonds is 2. The van der Waals surface area contributed by atoms with Crippen LogP contribution in [0.4, 0.5) is 0 Å². The van der Waals surface area contributed by atoms with Gasteiger partial charge in [0.1, 0.15) is 0 Å². The molecule has 0 aliphatic rings. The zero-order valence-electron chi connectivity index (χ0n) is 4.79. The highest BCUT2D eigenvalue weighted by Gasteiger charge is 1.89. The summed E-state index contributed by atoms with van der Waals surface area (Å²) in [7, 11) is 0. The van der Waals surface area contributed by atoms with E-state index < -0.39 is 0 Å². The molecule has 0 saturated carbocycles. The number of hydrogen-bond donors (Lipinski definition) is 0. The van der Waals surface area contributed by atoms with Gasteiger partial charge in [-0.05, 0) is 6.42 Å². The van der Waals surface area contributed by atoms with Crippen molar-refractivity contribution < 1.29 is 0 Å². The lowest BCUT2D eigenvalue weighted by Gasteiger charge is -1.83. The molecule has 0 aliphatic heterocycles. The molecule has 0 fully saturated rings. The highest BCUT2D eigenvalue weighted by atomic mass is 32.1. The standard InChI is InChI=1S/C6H8NS/c1-2-3-6-7-4-5-8-6/h3-5H,2H2,1H3. The van der Waals surface area contributed by atoms with Crippen LogP contribution in [0.15, 0.2) is 11.6 Å². The third-order valence-corrected chi connectivity index (χ3v) is 1.60. The first-order valence-corrected chi connectivity index (χ1v) is 3.54. The number of hydrogen-bond acceptors (Lipinski definition) is 2. The molecule has 1 aromatic heterocycles. The Bertz CT molecular complexity index is 134. The van der Waals surface area contributed by atoms with Crippen LogP contribution in [0.5, 0.6) is 0 Å². The van der Waals surface area contributed by atoms with Crippen molar-refractivity contribution in [1.82, 2.24) is 4.98 Å². The quantitative estimate of drug-likeness (QED) is 0.591. The molecule has 0 aliphatic carbocycles. The van der Waals surface area contributed by atoms with Gasteiger partial charge in [0, 0.05) is 18.0 Å². The summed E-state index contributed by atoms with van der Waals surface area (Å²) in [5, 5.41) is 3.12. The van der Waals surface area contributed by atoms with E-state index in [-0.39, 0.29) is 0 Å². The maximum atomic E-state index is 4.07. The molecule has 0 N–H and O–H groups in total. The molecule has 1 nitrogen and oxygen atoms in total. The van der Waals surface area contributed by atoms with Crippen LogP contribution in [-0.4, -0.2) is 4.98 Å². The molecule has 1 aromatic rings. The van der Waals surface area contributed by atoms with Crippen LogP contribution in [0.1, 0.15) is 18.4 Å². The van der Waals surface area contributed by atoms with Gasteiger partial charge in [0.05, 0.1) is 5.01 Å². The molecule has 0 aromatic carbocycles. The summed E-state index contributed by atoms with van der Waals surface area (Å²) in [5.41, 5.74) is 0. The molecule has 0 amide bonds. The first-order valence-electron chi connectivity index (χ1n) is 2.66. The molecule has 0 spiro atoms. The van der Waals surface area contributed by atoms with E-state index in [0.29, 0.717) is 0 Å². The maximum absolute atomic E-state index is 4.07. The highest BCUT2D eigenvalue weighted by molar-refractivity contribution is 7.09. The summed E-state index contributed by atoms with van der Waals surface area (Å²) in [4.78, 5) is 4.07. The predicted octanol–water partition coefficient (Wildman–Crippen LogP) is 2.11. The molecule has 1 rings (SSSR count). The van der Waals surface area contributed by atoms with E-state index in [1.807, 2.05) is 11.6 Å². The molecule has 43 valence electrons. The fourth-order valence-electron chi connectivity index (χ4n) is 0.510. The van der Waals surface area contributed by atoms with Gasteiger partial charge in [-0.1, -0.05) is 6.92 Å². The second kappa shape index (κ2) is 2.82. The van der Waals surface area contributed by atoms with Gasteiger partial charge in [0.25, 0.3) is 0 Å². The fraction of sp³-hybridized carbons (Fsp3) is 0.333. The van der Waals surface area contributed by atoms with Crippen LogP contribution in [-0.2, 0) is 0 Å². The van der Waals surface area contributed by atoms with E-state index in [1.165, 1.54) is 0 Å². The van der Waals surface area contributed by atoms with E-state index in [9.17, 15) is 0 Å². The zero-order valence-corrected chi connectivity index (χ0v) is 5.61. The largest absolute Gasteiger partial charge is 0.249 e. The smallest absolute Gasteiger partial charge is 0.0962 e. The van der Waals surface area contributed by atoms with E-state index in [0.717, 1.165) is 11.4 Å². The van der Waals surface area contributed by atoms with Gasteiger partial charge >= 0.3 is 0 Å². The van der Waals surface area contributed by atoms with Crippen molar-refractivity contribution in [3.63, 3.8) is 0 Å². The Morgan fingerprint density at radius 3 is 3.25 bits per heavy atom. The molecule has 1 radical (unpaired) electrons. The third kappa shape index (κ3) is 1.30. The molecule has 0 saturated heterocycles. The zero-order chi connectivity index (χ0) is 5.82. The summed E-state index contributed by atoms with van der Waals surface area (Å²) in [6, 6.07) is 0. The normalized spacial score (nSPS) is 9.62. The van der Waals surface area contributed by atoms with Crippen LogP contribution >= 0.6 is 11.3 Å².